The van der Waals surface area contributed by atoms with Crippen molar-refractivity contribution in [2.75, 3.05) is 6.54 Å². The molecule has 3 N–H and O–H groups in total. The highest BCUT2D eigenvalue weighted by Crippen LogP contribution is 2.24. The topological polar surface area (TPSA) is 86.6 Å². The molecule has 1 amide bonds. The molecule has 112 valence electrons. The number of nitrogens with one attached hydrogen (secondary N) is 1. The number of hydrogen-bond acceptors (Lipinski definition) is 3. The third kappa shape index (κ3) is 7.82. The summed E-state index contributed by atoms with van der Waals surface area (Å²) in [5.41, 5.74) is -0.574. The van der Waals surface area contributed by atoms with Crippen molar-refractivity contribution in [3.63, 3.8) is 0 Å². The zero-order valence-corrected chi connectivity index (χ0v) is 12.4. The second-order valence-corrected chi connectivity index (χ2v) is 5.86. The van der Waals surface area contributed by atoms with Crippen LogP contribution in [0.3, 0.4) is 0 Å². The third-order valence-corrected chi connectivity index (χ3v) is 3.37. The lowest BCUT2D eigenvalue weighted by atomic mass is 9.85. The van der Waals surface area contributed by atoms with Crippen molar-refractivity contribution in [2.45, 2.75) is 59.5 Å². The van der Waals surface area contributed by atoms with Crippen molar-refractivity contribution in [3.8, 4) is 0 Å². The molecule has 0 spiro atoms. The largest absolute Gasteiger partial charge is 0.481 e. The Balaban J connectivity index is 4.15. The molecule has 0 bridgehead atoms. The van der Waals surface area contributed by atoms with Gasteiger partial charge < -0.3 is 15.5 Å². The van der Waals surface area contributed by atoms with Gasteiger partial charge in [-0.3, -0.25) is 9.59 Å². The molecule has 0 heterocycles. The van der Waals surface area contributed by atoms with Gasteiger partial charge in [0.1, 0.15) is 0 Å². The molecule has 0 fully saturated rings. The Hall–Kier alpha value is -1.10. The summed E-state index contributed by atoms with van der Waals surface area (Å²) in [4.78, 5) is 22.4. The van der Waals surface area contributed by atoms with Crippen LogP contribution in [0.2, 0.25) is 0 Å². The van der Waals surface area contributed by atoms with Crippen LogP contribution in [0.15, 0.2) is 0 Å². The van der Waals surface area contributed by atoms with E-state index in [4.69, 9.17) is 5.11 Å². The van der Waals surface area contributed by atoms with Crippen LogP contribution >= 0.6 is 0 Å². The minimum absolute atomic E-state index is 0.0461. The second-order valence-electron chi connectivity index (χ2n) is 5.86. The van der Waals surface area contributed by atoms with Gasteiger partial charge >= 0.3 is 5.97 Å². The van der Waals surface area contributed by atoms with Gasteiger partial charge in [-0.05, 0) is 11.3 Å². The fraction of sp³-hybridized carbons (Fsp3) is 0.857. The molecule has 19 heavy (non-hydrogen) atoms. The van der Waals surface area contributed by atoms with Gasteiger partial charge in [-0.1, -0.05) is 40.5 Å². The molecule has 1 atom stereocenters. The molecule has 0 aliphatic heterocycles. The van der Waals surface area contributed by atoms with Crippen LogP contribution in [0.4, 0.5) is 0 Å². The quantitative estimate of drug-likeness (QED) is 0.598. The van der Waals surface area contributed by atoms with Crippen molar-refractivity contribution in [2.24, 2.45) is 11.3 Å². The molecule has 0 saturated heterocycles. The van der Waals surface area contributed by atoms with Crippen LogP contribution in [-0.4, -0.2) is 34.7 Å². The van der Waals surface area contributed by atoms with E-state index >= 15 is 0 Å². The van der Waals surface area contributed by atoms with Gasteiger partial charge in [0.15, 0.2) is 0 Å². The van der Waals surface area contributed by atoms with E-state index in [1.54, 1.807) is 13.8 Å². The lowest BCUT2D eigenvalue weighted by Gasteiger charge is -2.23. The van der Waals surface area contributed by atoms with E-state index in [1.807, 2.05) is 13.8 Å². The molecule has 0 saturated carbocycles. The predicted molar refractivity (Wildman–Crippen MR) is 73.7 cm³/mol. The van der Waals surface area contributed by atoms with E-state index in [1.165, 1.54) is 0 Å². The summed E-state index contributed by atoms with van der Waals surface area (Å²) >= 11 is 0. The number of carbonyl (C=O) groups excluding carboxylic acids is 1. The van der Waals surface area contributed by atoms with E-state index in [2.05, 4.69) is 5.32 Å². The number of hydrogen-bond donors (Lipinski definition) is 3. The third-order valence-electron chi connectivity index (χ3n) is 3.37. The van der Waals surface area contributed by atoms with Crippen molar-refractivity contribution in [3.05, 3.63) is 0 Å². The highest BCUT2D eigenvalue weighted by Gasteiger charge is 2.25. The van der Waals surface area contributed by atoms with Gasteiger partial charge in [0.05, 0.1) is 12.5 Å². The molecular weight excluding hydrogens is 246 g/mol. The number of rotatable bonds is 9. The van der Waals surface area contributed by atoms with E-state index < -0.39 is 17.5 Å². The number of carboxylic acids is 1. The predicted octanol–water partition coefficient (Wildman–Crippen LogP) is 1.79. The molecular formula is C14H27NO4. The number of aliphatic hydroxyl groups excluding tert-OH is 1. The average Bonchev–Trinajstić information content (AvgIpc) is 2.25. The van der Waals surface area contributed by atoms with Crippen LogP contribution < -0.4 is 5.32 Å². The first kappa shape index (κ1) is 17.9. The molecule has 0 aliphatic rings. The maximum Gasteiger partial charge on any atom is 0.303 e. The molecule has 0 aliphatic carbocycles. The fourth-order valence-electron chi connectivity index (χ4n) is 2.19. The SMILES string of the molecule is CCC(CC)C(O)CNC(=O)CC(C)(C)CC(=O)O. The number of aliphatic carboxylic acids is 1. The zero-order valence-electron chi connectivity index (χ0n) is 12.4. The van der Waals surface area contributed by atoms with Crippen molar-refractivity contribution >= 4 is 11.9 Å². The number of aliphatic hydroxyl groups is 1. The zero-order chi connectivity index (χ0) is 15.1. The number of amides is 1. The summed E-state index contributed by atoms with van der Waals surface area (Å²) < 4.78 is 0. The minimum Gasteiger partial charge on any atom is -0.481 e. The summed E-state index contributed by atoms with van der Waals surface area (Å²) in [5.74, 6) is -0.932. The molecule has 5 nitrogen and oxygen atoms in total. The van der Waals surface area contributed by atoms with Crippen LogP contribution in [0.5, 0.6) is 0 Å². The van der Waals surface area contributed by atoms with Gasteiger partial charge in [-0.2, -0.15) is 0 Å². The van der Waals surface area contributed by atoms with Crippen molar-refractivity contribution in [1.29, 1.82) is 0 Å². The first-order chi connectivity index (χ1) is 8.71. The Morgan fingerprint density at radius 1 is 1.16 bits per heavy atom. The first-order valence-electron chi connectivity index (χ1n) is 6.88. The Morgan fingerprint density at radius 2 is 1.68 bits per heavy atom. The summed E-state index contributed by atoms with van der Waals surface area (Å²) in [5, 5.41) is 21.3. The minimum atomic E-state index is -0.908. The molecule has 1 unspecified atom stereocenters. The summed E-state index contributed by atoms with van der Waals surface area (Å²) in [6.45, 7) is 7.74. The van der Waals surface area contributed by atoms with Crippen LogP contribution in [-0.2, 0) is 9.59 Å². The van der Waals surface area contributed by atoms with Crippen LogP contribution in [0, 0.1) is 11.3 Å². The van der Waals surface area contributed by atoms with Crippen LogP contribution in [0.1, 0.15) is 53.4 Å². The van der Waals surface area contributed by atoms with Crippen LogP contribution in [0.25, 0.3) is 0 Å². The molecule has 0 aromatic carbocycles. The Labute approximate surface area is 115 Å². The molecule has 5 heteroatoms. The molecule has 0 aromatic rings. The average molecular weight is 273 g/mol. The van der Waals surface area contributed by atoms with E-state index in [-0.39, 0.29) is 31.2 Å². The Kier molecular flexibility index (Phi) is 7.68. The van der Waals surface area contributed by atoms with Gasteiger partial charge in [0.2, 0.25) is 5.91 Å². The highest BCUT2D eigenvalue weighted by atomic mass is 16.4. The number of carbonyl (C=O) groups is 2. The lowest BCUT2D eigenvalue weighted by molar-refractivity contribution is -0.139. The summed E-state index contributed by atoms with van der Waals surface area (Å²) in [6, 6.07) is 0. The van der Waals surface area contributed by atoms with E-state index in [9.17, 15) is 14.7 Å². The van der Waals surface area contributed by atoms with Gasteiger partial charge in [-0.15, -0.1) is 0 Å². The monoisotopic (exact) mass is 273 g/mol. The molecule has 0 rings (SSSR count). The fourth-order valence-corrected chi connectivity index (χ4v) is 2.19. The van der Waals surface area contributed by atoms with Gasteiger partial charge in [0.25, 0.3) is 0 Å². The van der Waals surface area contributed by atoms with Crippen molar-refractivity contribution < 1.29 is 19.8 Å². The highest BCUT2D eigenvalue weighted by molar-refractivity contribution is 5.77. The standard InChI is InChI=1S/C14H27NO4/c1-5-10(6-2)11(16)9-15-12(17)7-14(3,4)8-13(18)19/h10-11,16H,5-9H2,1-4H3,(H,15,17)(H,18,19). The maximum atomic E-state index is 11.7. The van der Waals surface area contributed by atoms with E-state index in [0.717, 1.165) is 12.8 Å². The Bertz CT molecular complexity index is 298. The number of carboxylic acid groups (broad SMARTS) is 1. The van der Waals surface area contributed by atoms with Crippen molar-refractivity contribution in [1.82, 2.24) is 5.32 Å². The maximum absolute atomic E-state index is 11.7. The van der Waals surface area contributed by atoms with E-state index in [0.29, 0.717) is 0 Å². The summed E-state index contributed by atoms with van der Waals surface area (Å²) in [7, 11) is 0. The normalized spacial score (nSPS) is 13.4. The molecule has 0 radical (unpaired) electrons. The first-order valence-corrected chi connectivity index (χ1v) is 6.88. The summed E-state index contributed by atoms with van der Waals surface area (Å²) in [6.07, 6.45) is 1.31. The van der Waals surface area contributed by atoms with Gasteiger partial charge in [0, 0.05) is 13.0 Å². The lowest BCUT2D eigenvalue weighted by Crippen LogP contribution is -2.38. The smallest absolute Gasteiger partial charge is 0.303 e. The Morgan fingerprint density at radius 3 is 2.11 bits per heavy atom. The van der Waals surface area contributed by atoms with Gasteiger partial charge in [-0.25, -0.2) is 0 Å². The second kappa shape index (κ2) is 8.15. The molecule has 0 aromatic heterocycles.